The van der Waals surface area contributed by atoms with Crippen LogP contribution in [0.25, 0.3) is 11.1 Å². The second-order valence-corrected chi connectivity index (χ2v) is 10.7. The first-order valence-corrected chi connectivity index (χ1v) is 13.7. The Labute approximate surface area is 235 Å². The van der Waals surface area contributed by atoms with Crippen LogP contribution in [-0.4, -0.2) is 46.6 Å². The van der Waals surface area contributed by atoms with Crippen molar-refractivity contribution in [3.63, 3.8) is 0 Å². The predicted molar refractivity (Wildman–Crippen MR) is 151 cm³/mol. The third-order valence-corrected chi connectivity index (χ3v) is 7.59. The molecular formula is C32H37FN2O5. The minimum absolute atomic E-state index is 0.0477. The quantitative estimate of drug-likeness (QED) is 0.201. The fourth-order valence-corrected chi connectivity index (χ4v) is 5.18. The van der Waals surface area contributed by atoms with Crippen molar-refractivity contribution in [3.8, 4) is 22.8 Å². The van der Waals surface area contributed by atoms with Crippen molar-refractivity contribution in [2.75, 3.05) is 13.7 Å². The van der Waals surface area contributed by atoms with Crippen molar-refractivity contribution in [1.82, 2.24) is 9.88 Å². The van der Waals surface area contributed by atoms with E-state index < -0.39 is 17.8 Å². The van der Waals surface area contributed by atoms with Crippen LogP contribution >= 0.6 is 0 Å². The van der Waals surface area contributed by atoms with Crippen LogP contribution in [-0.2, 0) is 11.3 Å². The maximum Gasteiger partial charge on any atom is 0.343 e. The number of aliphatic carboxylic acids is 1. The summed E-state index contributed by atoms with van der Waals surface area (Å²) in [6.45, 7) is 9.32. The van der Waals surface area contributed by atoms with Crippen LogP contribution in [0.3, 0.4) is 0 Å². The van der Waals surface area contributed by atoms with Crippen molar-refractivity contribution >= 4 is 11.9 Å². The molecule has 212 valence electrons. The molecule has 0 amide bonds. The third-order valence-electron chi connectivity index (χ3n) is 7.59. The van der Waals surface area contributed by atoms with Gasteiger partial charge in [-0.3, -0.25) is 9.69 Å². The highest BCUT2D eigenvalue weighted by molar-refractivity contribution is 5.94. The predicted octanol–water partition coefficient (Wildman–Crippen LogP) is 6.62. The second kappa shape index (κ2) is 12.6. The zero-order valence-electron chi connectivity index (χ0n) is 23.7. The molecule has 3 aromatic rings. The Morgan fingerprint density at radius 3 is 2.52 bits per heavy atom. The first-order valence-electron chi connectivity index (χ1n) is 13.7. The van der Waals surface area contributed by atoms with Crippen molar-refractivity contribution in [2.45, 2.75) is 65.5 Å². The van der Waals surface area contributed by atoms with Gasteiger partial charge < -0.3 is 14.6 Å². The van der Waals surface area contributed by atoms with Gasteiger partial charge in [-0.2, -0.15) is 0 Å². The van der Waals surface area contributed by atoms with Crippen molar-refractivity contribution in [1.29, 1.82) is 0 Å². The van der Waals surface area contributed by atoms with E-state index >= 15 is 4.39 Å². The molecule has 8 heteroatoms. The van der Waals surface area contributed by atoms with Crippen LogP contribution in [0.15, 0.2) is 48.7 Å². The highest BCUT2D eigenvalue weighted by atomic mass is 19.1. The van der Waals surface area contributed by atoms with Gasteiger partial charge >= 0.3 is 11.9 Å². The summed E-state index contributed by atoms with van der Waals surface area (Å²) in [4.78, 5) is 31.1. The lowest BCUT2D eigenvalue weighted by Crippen LogP contribution is -2.30. The van der Waals surface area contributed by atoms with E-state index in [1.54, 1.807) is 37.3 Å². The van der Waals surface area contributed by atoms with Crippen LogP contribution in [0.1, 0.15) is 73.0 Å². The van der Waals surface area contributed by atoms with Gasteiger partial charge in [-0.25, -0.2) is 14.2 Å². The molecule has 4 rings (SSSR count). The first-order chi connectivity index (χ1) is 19.1. The van der Waals surface area contributed by atoms with E-state index in [9.17, 15) is 14.7 Å². The summed E-state index contributed by atoms with van der Waals surface area (Å²) in [5.41, 5.74) is 3.68. The maximum atomic E-state index is 15.0. The molecule has 7 nitrogen and oxygen atoms in total. The first kappa shape index (κ1) is 29.2. The number of rotatable bonds is 12. The molecular weight excluding hydrogens is 511 g/mol. The highest BCUT2D eigenvalue weighted by Crippen LogP contribution is 2.45. The molecule has 0 bridgehead atoms. The number of nitrogens with zero attached hydrogens (tertiary/aromatic N) is 2. The molecule has 0 aliphatic heterocycles. The number of benzene rings is 2. The van der Waals surface area contributed by atoms with E-state index in [4.69, 9.17) is 9.47 Å². The molecule has 40 heavy (non-hydrogen) atoms. The molecule has 1 fully saturated rings. The Morgan fingerprint density at radius 2 is 1.90 bits per heavy atom. The Hall–Kier alpha value is -3.78. The van der Waals surface area contributed by atoms with Crippen LogP contribution in [0.5, 0.6) is 11.6 Å². The zero-order chi connectivity index (χ0) is 29.0. The largest absolute Gasteiger partial charge is 0.481 e. The molecule has 1 unspecified atom stereocenters. The lowest BCUT2D eigenvalue weighted by atomic mass is 9.91. The number of halogens is 1. The normalized spacial score (nSPS) is 13.9. The van der Waals surface area contributed by atoms with Gasteiger partial charge in [-0.1, -0.05) is 25.1 Å². The van der Waals surface area contributed by atoms with Gasteiger partial charge in [-0.15, -0.1) is 0 Å². The summed E-state index contributed by atoms with van der Waals surface area (Å²) < 4.78 is 26.1. The number of hydrogen-bond acceptors (Lipinski definition) is 6. The van der Waals surface area contributed by atoms with E-state index in [0.717, 1.165) is 36.7 Å². The molecule has 0 spiro atoms. The standard InChI is InChI=1S/C32H37FN2O5/c1-6-35(19(2)3)18-23-14-25(20(4)12-27(23)28-15-30(39-5)34-17-29(28)33)32(38)40-24-9-7-8-22(13-24)26(16-31(36)37)21-10-11-21/h7-9,12-15,17,19,21,26H,6,10-11,16,18H2,1-5H3,(H,36,37). The molecule has 0 saturated heterocycles. The van der Waals surface area contributed by atoms with E-state index in [1.807, 2.05) is 12.1 Å². The van der Waals surface area contributed by atoms with E-state index in [2.05, 4.69) is 30.7 Å². The molecule has 1 saturated carbocycles. The zero-order valence-corrected chi connectivity index (χ0v) is 23.7. The minimum atomic E-state index is -0.840. The van der Waals surface area contributed by atoms with Gasteiger partial charge in [-0.05, 0) is 92.4 Å². The number of hydrogen-bond donors (Lipinski definition) is 1. The number of carboxylic acids is 1. The summed E-state index contributed by atoms with van der Waals surface area (Å²) in [6, 6.07) is 12.5. The number of aryl methyl sites for hydroxylation is 1. The summed E-state index contributed by atoms with van der Waals surface area (Å²) >= 11 is 0. The van der Waals surface area contributed by atoms with Gasteiger partial charge in [0.1, 0.15) is 11.6 Å². The fourth-order valence-electron chi connectivity index (χ4n) is 5.18. The van der Waals surface area contributed by atoms with Gasteiger partial charge in [0, 0.05) is 24.2 Å². The number of esters is 1. The molecule has 1 aliphatic carbocycles. The fraction of sp³-hybridized carbons (Fsp3) is 0.406. The van der Waals surface area contributed by atoms with Gasteiger partial charge in [0.15, 0.2) is 0 Å². The lowest BCUT2D eigenvalue weighted by Gasteiger charge is -2.26. The lowest BCUT2D eigenvalue weighted by molar-refractivity contribution is -0.137. The second-order valence-electron chi connectivity index (χ2n) is 10.7. The smallest absolute Gasteiger partial charge is 0.343 e. The Kier molecular flexibility index (Phi) is 9.20. The van der Waals surface area contributed by atoms with E-state index in [-0.39, 0.29) is 18.4 Å². The molecule has 0 radical (unpaired) electrons. The highest BCUT2D eigenvalue weighted by Gasteiger charge is 2.34. The van der Waals surface area contributed by atoms with Crippen LogP contribution < -0.4 is 9.47 Å². The Balaban J connectivity index is 1.70. The van der Waals surface area contributed by atoms with Gasteiger partial charge in [0.2, 0.25) is 5.88 Å². The number of ether oxygens (including phenoxy) is 2. The number of pyridine rings is 1. The topological polar surface area (TPSA) is 89.0 Å². The van der Waals surface area contributed by atoms with Crippen molar-refractivity contribution < 1.29 is 28.6 Å². The number of methoxy groups -OCH3 is 1. The molecule has 1 heterocycles. The molecule has 1 atom stereocenters. The van der Waals surface area contributed by atoms with Crippen LogP contribution in [0.4, 0.5) is 4.39 Å². The monoisotopic (exact) mass is 548 g/mol. The molecule has 1 N–H and O–H groups in total. The number of carbonyl (C=O) groups excluding carboxylic acids is 1. The van der Waals surface area contributed by atoms with E-state index in [0.29, 0.717) is 46.3 Å². The van der Waals surface area contributed by atoms with E-state index in [1.165, 1.54) is 7.11 Å². The number of aromatic nitrogens is 1. The SMILES string of the molecule is CCN(Cc1cc(C(=O)Oc2cccc(C(CC(=O)O)C3CC3)c2)c(C)cc1-c1cc(OC)ncc1F)C(C)C. The van der Waals surface area contributed by atoms with Crippen molar-refractivity contribution in [2.24, 2.45) is 5.92 Å². The summed E-state index contributed by atoms with van der Waals surface area (Å²) in [5, 5.41) is 9.38. The van der Waals surface area contributed by atoms with Gasteiger partial charge in [0.05, 0.1) is 25.3 Å². The summed E-state index contributed by atoms with van der Waals surface area (Å²) in [5.74, 6) is -0.941. The van der Waals surface area contributed by atoms with Crippen LogP contribution in [0, 0.1) is 18.7 Å². The average Bonchev–Trinajstić information content (AvgIpc) is 3.76. The Morgan fingerprint density at radius 1 is 1.15 bits per heavy atom. The summed E-state index contributed by atoms with van der Waals surface area (Å²) in [7, 11) is 1.48. The van der Waals surface area contributed by atoms with Gasteiger partial charge in [0.25, 0.3) is 0 Å². The third kappa shape index (κ3) is 6.86. The minimum Gasteiger partial charge on any atom is -0.481 e. The molecule has 1 aliphatic rings. The number of carboxylic acid groups (broad SMARTS) is 1. The van der Waals surface area contributed by atoms with Crippen molar-refractivity contribution in [3.05, 3.63) is 76.7 Å². The molecule has 1 aromatic heterocycles. The average molecular weight is 549 g/mol. The summed E-state index contributed by atoms with van der Waals surface area (Å²) in [6.07, 6.45) is 3.20. The molecule has 2 aromatic carbocycles. The number of carbonyl (C=O) groups is 2. The Bertz CT molecular complexity index is 1390. The van der Waals surface area contributed by atoms with Crippen LogP contribution in [0.2, 0.25) is 0 Å². The maximum absolute atomic E-state index is 15.0.